The highest BCUT2D eigenvalue weighted by molar-refractivity contribution is 6.30. The first-order valence-electron chi connectivity index (χ1n) is 9.51. The Balaban J connectivity index is 1.48. The molecule has 4 rings (SSSR count). The predicted octanol–water partition coefficient (Wildman–Crippen LogP) is 2.89. The number of benzene rings is 2. The van der Waals surface area contributed by atoms with Gasteiger partial charge in [-0.2, -0.15) is 0 Å². The topological polar surface area (TPSA) is 95.7 Å². The molecule has 0 radical (unpaired) electrons. The van der Waals surface area contributed by atoms with E-state index in [0.29, 0.717) is 28.5 Å². The third-order valence-electron chi connectivity index (χ3n) is 5.05. The molecule has 1 fully saturated rings. The third kappa shape index (κ3) is 4.37. The molecule has 1 aliphatic rings. The SMILES string of the molecule is O=C(NCc1ccc(Cl)cc1)C1CC(O)CN1C(=O)c1cccc(-c2cnco2)c1. The Morgan fingerprint density at radius 1 is 1.23 bits per heavy atom. The fourth-order valence-electron chi connectivity index (χ4n) is 3.53. The fraction of sp³-hybridized carbons (Fsp3) is 0.227. The van der Waals surface area contributed by atoms with Gasteiger partial charge in [0.25, 0.3) is 5.91 Å². The minimum atomic E-state index is -0.752. The van der Waals surface area contributed by atoms with Crippen molar-refractivity contribution in [1.82, 2.24) is 15.2 Å². The molecule has 30 heavy (non-hydrogen) atoms. The average molecular weight is 426 g/mol. The predicted molar refractivity (Wildman–Crippen MR) is 111 cm³/mol. The Hall–Kier alpha value is -3.16. The van der Waals surface area contributed by atoms with E-state index in [1.807, 2.05) is 18.2 Å². The van der Waals surface area contributed by atoms with Crippen LogP contribution in [0.3, 0.4) is 0 Å². The Kier molecular flexibility index (Phi) is 5.83. The van der Waals surface area contributed by atoms with Crippen LogP contribution in [-0.2, 0) is 11.3 Å². The standard InChI is InChI=1S/C22H20ClN3O4/c23-17-6-4-14(5-7-17)10-25-21(28)19-9-18(27)12-26(19)22(29)16-3-1-2-15(8-16)20-11-24-13-30-20/h1-8,11,13,18-19,27H,9-10,12H2,(H,25,28). The summed E-state index contributed by atoms with van der Waals surface area (Å²) >= 11 is 5.88. The van der Waals surface area contributed by atoms with Crippen LogP contribution < -0.4 is 5.32 Å². The number of oxazole rings is 1. The zero-order chi connectivity index (χ0) is 21.1. The molecule has 0 bridgehead atoms. The van der Waals surface area contributed by atoms with Crippen LogP contribution in [0.25, 0.3) is 11.3 Å². The van der Waals surface area contributed by atoms with Gasteiger partial charge in [0.2, 0.25) is 5.91 Å². The zero-order valence-corrected chi connectivity index (χ0v) is 16.7. The number of β-amino-alcohol motifs (C(OH)–C–C–N with tert-alkyl or cyclic N) is 1. The quantitative estimate of drug-likeness (QED) is 0.655. The number of halogens is 1. The summed E-state index contributed by atoms with van der Waals surface area (Å²) in [7, 11) is 0. The van der Waals surface area contributed by atoms with E-state index < -0.39 is 12.1 Å². The minimum absolute atomic E-state index is 0.102. The lowest BCUT2D eigenvalue weighted by Crippen LogP contribution is -2.45. The summed E-state index contributed by atoms with van der Waals surface area (Å²) in [5.41, 5.74) is 2.01. The van der Waals surface area contributed by atoms with Gasteiger partial charge >= 0.3 is 0 Å². The van der Waals surface area contributed by atoms with E-state index in [4.69, 9.17) is 16.0 Å². The molecule has 0 saturated carbocycles. The van der Waals surface area contributed by atoms with Crippen LogP contribution in [0, 0.1) is 0 Å². The number of aliphatic hydroxyl groups is 1. The second-order valence-electron chi connectivity index (χ2n) is 7.15. The molecular formula is C22H20ClN3O4. The summed E-state index contributed by atoms with van der Waals surface area (Å²) in [6.45, 7) is 0.413. The Morgan fingerprint density at radius 2 is 2.03 bits per heavy atom. The summed E-state index contributed by atoms with van der Waals surface area (Å²) in [6.07, 6.45) is 2.33. The summed E-state index contributed by atoms with van der Waals surface area (Å²) in [5, 5.41) is 13.6. The number of nitrogens with zero attached hydrogens (tertiary/aromatic N) is 2. The molecule has 7 nitrogen and oxygen atoms in total. The number of hydrogen-bond acceptors (Lipinski definition) is 5. The molecule has 2 heterocycles. The second kappa shape index (κ2) is 8.69. The van der Waals surface area contributed by atoms with Crippen LogP contribution in [0.15, 0.2) is 65.5 Å². The number of carbonyl (C=O) groups excluding carboxylic acids is 2. The average Bonchev–Trinajstić information content (AvgIpc) is 3.43. The second-order valence-corrected chi connectivity index (χ2v) is 7.59. The van der Waals surface area contributed by atoms with Crippen molar-refractivity contribution in [2.24, 2.45) is 0 Å². The molecule has 2 unspecified atom stereocenters. The van der Waals surface area contributed by atoms with E-state index >= 15 is 0 Å². The summed E-state index contributed by atoms with van der Waals surface area (Å²) in [4.78, 5) is 31.2. The number of aliphatic hydroxyl groups excluding tert-OH is 1. The number of carbonyl (C=O) groups is 2. The van der Waals surface area contributed by atoms with Crippen molar-refractivity contribution in [2.75, 3.05) is 6.54 Å². The molecule has 0 spiro atoms. The molecule has 2 aromatic carbocycles. The van der Waals surface area contributed by atoms with Gasteiger partial charge in [0.15, 0.2) is 12.2 Å². The van der Waals surface area contributed by atoms with Crippen LogP contribution in [0.1, 0.15) is 22.3 Å². The molecule has 3 aromatic rings. The molecule has 2 N–H and O–H groups in total. The van der Waals surface area contributed by atoms with E-state index in [0.717, 1.165) is 5.56 Å². The molecule has 2 amide bonds. The third-order valence-corrected chi connectivity index (χ3v) is 5.30. The Morgan fingerprint density at radius 3 is 2.77 bits per heavy atom. The lowest BCUT2D eigenvalue weighted by molar-refractivity contribution is -0.125. The number of aromatic nitrogens is 1. The highest BCUT2D eigenvalue weighted by atomic mass is 35.5. The van der Waals surface area contributed by atoms with Crippen LogP contribution in [0.4, 0.5) is 0 Å². The minimum Gasteiger partial charge on any atom is -0.444 e. The lowest BCUT2D eigenvalue weighted by Gasteiger charge is -2.24. The molecule has 154 valence electrons. The summed E-state index contributed by atoms with van der Waals surface area (Å²) in [5.74, 6) is -0.0795. The van der Waals surface area contributed by atoms with Crippen molar-refractivity contribution in [3.63, 3.8) is 0 Å². The van der Waals surface area contributed by atoms with Gasteiger partial charge in [0, 0.05) is 35.7 Å². The van der Waals surface area contributed by atoms with Crippen molar-refractivity contribution < 1.29 is 19.1 Å². The maximum absolute atomic E-state index is 13.1. The first-order valence-corrected chi connectivity index (χ1v) is 9.89. The van der Waals surface area contributed by atoms with Gasteiger partial charge in [-0.3, -0.25) is 9.59 Å². The van der Waals surface area contributed by atoms with Crippen molar-refractivity contribution in [3.8, 4) is 11.3 Å². The van der Waals surface area contributed by atoms with Crippen molar-refractivity contribution in [2.45, 2.75) is 25.1 Å². The molecule has 8 heteroatoms. The van der Waals surface area contributed by atoms with Gasteiger partial charge in [-0.25, -0.2) is 4.98 Å². The largest absolute Gasteiger partial charge is 0.444 e. The van der Waals surface area contributed by atoms with E-state index in [9.17, 15) is 14.7 Å². The van der Waals surface area contributed by atoms with Crippen LogP contribution >= 0.6 is 11.6 Å². The fourth-order valence-corrected chi connectivity index (χ4v) is 3.65. The normalized spacial score (nSPS) is 18.4. The number of likely N-dealkylation sites (tertiary alicyclic amines) is 1. The van der Waals surface area contributed by atoms with Gasteiger partial charge in [-0.05, 0) is 29.8 Å². The van der Waals surface area contributed by atoms with E-state index in [1.165, 1.54) is 11.3 Å². The number of rotatable bonds is 5. The summed E-state index contributed by atoms with van der Waals surface area (Å²) in [6, 6.07) is 13.3. The lowest BCUT2D eigenvalue weighted by atomic mass is 10.1. The maximum Gasteiger partial charge on any atom is 0.254 e. The van der Waals surface area contributed by atoms with Gasteiger partial charge < -0.3 is 19.7 Å². The van der Waals surface area contributed by atoms with Crippen LogP contribution in [0.2, 0.25) is 5.02 Å². The first kappa shape index (κ1) is 20.1. The maximum atomic E-state index is 13.1. The van der Waals surface area contributed by atoms with Crippen molar-refractivity contribution in [1.29, 1.82) is 0 Å². The zero-order valence-electron chi connectivity index (χ0n) is 16.0. The van der Waals surface area contributed by atoms with E-state index in [-0.39, 0.29) is 24.8 Å². The van der Waals surface area contributed by atoms with Gasteiger partial charge in [0.1, 0.15) is 6.04 Å². The number of amides is 2. The molecule has 1 aliphatic heterocycles. The molecule has 0 aliphatic carbocycles. The van der Waals surface area contributed by atoms with Crippen LogP contribution in [-0.4, -0.2) is 45.5 Å². The Labute approximate surface area is 178 Å². The van der Waals surface area contributed by atoms with Crippen molar-refractivity contribution >= 4 is 23.4 Å². The molecule has 1 aromatic heterocycles. The Bertz CT molecular complexity index is 1040. The highest BCUT2D eigenvalue weighted by Gasteiger charge is 2.39. The molecule has 2 atom stereocenters. The van der Waals surface area contributed by atoms with Gasteiger partial charge in [-0.1, -0.05) is 35.9 Å². The smallest absolute Gasteiger partial charge is 0.254 e. The highest BCUT2D eigenvalue weighted by Crippen LogP contribution is 2.24. The van der Waals surface area contributed by atoms with Gasteiger partial charge in [-0.15, -0.1) is 0 Å². The number of hydrogen-bond donors (Lipinski definition) is 2. The summed E-state index contributed by atoms with van der Waals surface area (Å²) < 4.78 is 5.29. The molecule has 1 saturated heterocycles. The van der Waals surface area contributed by atoms with Gasteiger partial charge in [0.05, 0.1) is 12.3 Å². The van der Waals surface area contributed by atoms with Crippen molar-refractivity contribution in [3.05, 3.63) is 77.3 Å². The number of nitrogens with one attached hydrogen (secondary N) is 1. The van der Waals surface area contributed by atoms with E-state index in [2.05, 4.69) is 10.3 Å². The van der Waals surface area contributed by atoms with Crippen LogP contribution in [0.5, 0.6) is 0 Å². The molecular weight excluding hydrogens is 406 g/mol. The monoisotopic (exact) mass is 425 g/mol. The van der Waals surface area contributed by atoms with E-state index in [1.54, 1.807) is 36.5 Å². The first-order chi connectivity index (χ1) is 14.5.